The van der Waals surface area contributed by atoms with E-state index in [4.69, 9.17) is 15.6 Å². The lowest BCUT2D eigenvalue weighted by Crippen LogP contribution is -2.16. The van der Waals surface area contributed by atoms with Crippen LogP contribution in [0.4, 0.5) is 5.95 Å². The third-order valence-corrected chi connectivity index (χ3v) is 2.71. The standard InChI is InChI=1S/C10H11N5O3/c11-10-13-8-7(9(17)14-10)12-4-15(8)6-2-1-5(3-16)18-6/h1-2,4-6,16H,3H2,(H3,11,13,14,17)/t5-,6+/m0/s1. The third-order valence-electron chi connectivity index (χ3n) is 2.71. The molecular weight excluding hydrogens is 238 g/mol. The number of ether oxygens (including phenoxy) is 1. The summed E-state index contributed by atoms with van der Waals surface area (Å²) in [7, 11) is 0. The monoisotopic (exact) mass is 249 g/mol. The molecule has 0 radical (unpaired) electrons. The molecule has 0 amide bonds. The van der Waals surface area contributed by atoms with Crippen molar-refractivity contribution < 1.29 is 9.84 Å². The van der Waals surface area contributed by atoms with Crippen LogP contribution in [0.1, 0.15) is 6.23 Å². The van der Waals surface area contributed by atoms with Crippen molar-refractivity contribution in [2.45, 2.75) is 12.3 Å². The highest BCUT2D eigenvalue weighted by atomic mass is 16.5. The molecule has 3 heterocycles. The number of fused-ring (bicyclic) bond motifs is 1. The lowest BCUT2D eigenvalue weighted by molar-refractivity contribution is -0.00638. The maximum atomic E-state index is 11.6. The third kappa shape index (κ3) is 1.59. The number of aliphatic hydroxyl groups is 1. The van der Waals surface area contributed by atoms with Crippen LogP contribution in [0.5, 0.6) is 0 Å². The molecule has 1 aliphatic heterocycles. The van der Waals surface area contributed by atoms with Crippen molar-refractivity contribution in [2.75, 3.05) is 12.3 Å². The number of hydrogen-bond donors (Lipinski definition) is 3. The van der Waals surface area contributed by atoms with E-state index < -0.39 is 11.8 Å². The summed E-state index contributed by atoms with van der Waals surface area (Å²) in [5.74, 6) is 0.0231. The molecule has 0 fully saturated rings. The van der Waals surface area contributed by atoms with Crippen molar-refractivity contribution in [3.63, 3.8) is 0 Å². The van der Waals surface area contributed by atoms with Gasteiger partial charge < -0.3 is 15.6 Å². The molecule has 94 valence electrons. The number of aromatic amines is 1. The van der Waals surface area contributed by atoms with Gasteiger partial charge in [0.1, 0.15) is 6.10 Å². The average molecular weight is 249 g/mol. The van der Waals surface area contributed by atoms with Crippen LogP contribution in [0.15, 0.2) is 23.3 Å². The average Bonchev–Trinajstić information content (AvgIpc) is 2.93. The molecule has 0 saturated carbocycles. The first-order valence-electron chi connectivity index (χ1n) is 5.36. The predicted octanol–water partition coefficient (Wildman–Crippen LogP) is -0.852. The minimum absolute atomic E-state index is 0.0231. The van der Waals surface area contributed by atoms with Gasteiger partial charge in [0.05, 0.1) is 12.9 Å². The van der Waals surface area contributed by atoms with Gasteiger partial charge in [-0.1, -0.05) is 6.08 Å². The van der Waals surface area contributed by atoms with Crippen LogP contribution in [-0.2, 0) is 4.74 Å². The van der Waals surface area contributed by atoms with Gasteiger partial charge in [-0.2, -0.15) is 4.98 Å². The summed E-state index contributed by atoms with van der Waals surface area (Å²) in [6.07, 6.45) is 4.17. The Morgan fingerprint density at radius 3 is 3.11 bits per heavy atom. The molecule has 18 heavy (non-hydrogen) atoms. The van der Waals surface area contributed by atoms with E-state index in [9.17, 15) is 4.79 Å². The number of aromatic nitrogens is 4. The topological polar surface area (TPSA) is 119 Å². The number of H-pyrrole nitrogens is 1. The van der Waals surface area contributed by atoms with Gasteiger partial charge >= 0.3 is 0 Å². The van der Waals surface area contributed by atoms with Crippen LogP contribution in [0.25, 0.3) is 11.2 Å². The van der Waals surface area contributed by atoms with Gasteiger partial charge in [0.15, 0.2) is 17.4 Å². The van der Waals surface area contributed by atoms with E-state index in [1.54, 1.807) is 16.7 Å². The number of anilines is 1. The zero-order chi connectivity index (χ0) is 12.7. The highest BCUT2D eigenvalue weighted by Crippen LogP contribution is 2.23. The van der Waals surface area contributed by atoms with Gasteiger partial charge in [-0.05, 0) is 6.08 Å². The first kappa shape index (κ1) is 10.9. The van der Waals surface area contributed by atoms with E-state index in [-0.39, 0.29) is 24.2 Å². The Kier molecular flexibility index (Phi) is 2.39. The van der Waals surface area contributed by atoms with Gasteiger partial charge in [-0.3, -0.25) is 14.3 Å². The summed E-state index contributed by atoms with van der Waals surface area (Å²) in [4.78, 5) is 22.0. The summed E-state index contributed by atoms with van der Waals surface area (Å²) >= 11 is 0. The fourth-order valence-electron chi connectivity index (χ4n) is 1.88. The summed E-state index contributed by atoms with van der Waals surface area (Å²) in [6.45, 7) is -0.101. The number of nitrogens with one attached hydrogen (secondary N) is 1. The molecule has 0 saturated heterocycles. The van der Waals surface area contributed by atoms with Crippen LogP contribution < -0.4 is 11.3 Å². The number of imidazole rings is 1. The minimum atomic E-state index is -0.444. The van der Waals surface area contributed by atoms with Crippen LogP contribution in [0, 0.1) is 0 Å². The Labute approximate surface area is 101 Å². The first-order chi connectivity index (χ1) is 8.69. The molecule has 0 bridgehead atoms. The summed E-state index contributed by atoms with van der Waals surface area (Å²) in [5, 5.41) is 8.99. The molecule has 0 aromatic carbocycles. The fraction of sp³-hybridized carbons (Fsp3) is 0.300. The molecule has 8 nitrogen and oxygen atoms in total. The number of hydrogen-bond acceptors (Lipinski definition) is 6. The van der Waals surface area contributed by atoms with Crippen LogP contribution in [0.2, 0.25) is 0 Å². The second kappa shape index (κ2) is 3.93. The van der Waals surface area contributed by atoms with Gasteiger partial charge in [-0.15, -0.1) is 0 Å². The first-order valence-corrected chi connectivity index (χ1v) is 5.36. The minimum Gasteiger partial charge on any atom is -0.393 e. The molecule has 8 heteroatoms. The number of nitrogens with zero attached hydrogens (tertiary/aromatic N) is 3. The van der Waals surface area contributed by atoms with Crippen molar-refractivity contribution in [1.29, 1.82) is 0 Å². The molecule has 3 rings (SSSR count). The lowest BCUT2D eigenvalue weighted by Gasteiger charge is -2.13. The second-order valence-electron chi connectivity index (χ2n) is 3.91. The molecule has 4 N–H and O–H groups in total. The highest BCUT2D eigenvalue weighted by molar-refractivity contribution is 5.70. The Bertz CT molecular complexity index is 674. The zero-order valence-corrected chi connectivity index (χ0v) is 9.28. The van der Waals surface area contributed by atoms with Crippen LogP contribution >= 0.6 is 0 Å². The van der Waals surface area contributed by atoms with Crippen molar-refractivity contribution in [3.8, 4) is 0 Å². The molecule has 1 aliphatic rings. The fourth-order valence-corrected chi connectivity index (χ4v) is 1.88. The molecule has 0 spiro atoms. The highest BCUT2D eigenvalue weighted by Gasteiger charge is 2.22. The van der Waals surface area contributed by atoms with E-state index in [2.05, 4.69) is 15.0 Å². The van der Waals surface area contributed by atoms with E-state index in [1.807, 2.05) is 0 Å². The maximum absolute atomic E-state index is 11.6. The number of rotatable bonds is 2. The van der Waals surface area contributed by atoms with E-state index in [1.165, 1.54) is 6.33 Å². The van der Waals surface area contributed by atoms with Crippen LogP contribution in [0.3, 0.4) is 0 Å². The largest absolute Gasteiger partial charge is 0.393 e. The Morgan fingerprint density at radius 1 is 1.56 bits per heavy atom. The number of nitrogen functional groups attached to an aromatic ring is 1. The summed E-state index contributed by atoms with van der Waals surface area (Å²) < 4.78 is 7.10. The van der Waals surface area contributed by atoms with E-state index in [0.29, 0.717) is 5.65 Å². The van der Waals surface area contributed by atoms with Crippen molar-refractivity contribution >= 4 is 17.1 Å². The zero-order valence-electron chi connectivity index (χ0n) is 9.28. The quantitative estimate of drug-likeness (QED) is 0.596. The van der Waals surface area contributed by atoms with E-state index >= 15 is 0 Å². The SMILES string of the molecule is Nc1nc2c(ncn2[C@H]2C=C[C@@H](CO)O2)c(=O)[nH]1. The molecule has 2 aromatic rings. The molecule has 2 atom stereocenters. The smallest absolute Gasteiger partial charge is 0.280 e. The summed E-state index contributed by atoms with van der Waals surface area (Å²) in [6, 6.07) is 0. The van der Waals surface area contributed by atoms with E-state index in [0.717, 1.165) is 0 Å². The molecule has 0 aliphatic carbocycles. The van der Waals surface area contributed by atoms with Crippen LogP contribution in [-0.4, -0.2) is 37.3 Å². The van der Waals surface area contributed by atoms with Gasteiger partial charge in [0.2, 0.25) is 5.95 Å². The summed E-state index contributed by atoms with van der Waals surface area (Å²) in [5.41, 5.74) is 5.66. The Morgan fingerprint density at radius 2 is 2.39 bits per heavy atom. The van der Waals surface area contributed by atoms with Crippen molar-refractivity contribution in [3.05, 3.63) is 28.8 Å². The second-order valence-corrected chi connectivity index (χ2v) is 3.91. The van der Waals surface area contributed by atoms with Gasteiger partial charge in [-0.25, -0.2) is 4.98 Å². The number of nitrogens with two attached hydrogens (primary N) is 1. The number of aliphatic hydroxyl groups excluding tert-OH is 1. The van der Waals surface area contributed by atoms with Gasteiger partial charge in [0.25, 0.3) is 5.56 Å². The Hall–Kier alpha value is -2.19. The molecule has 2 aromatic heterocycles. The predicted molar refractivity (Wildman–Crippen MR) is 62.7 cm³/mol. The lowest BCUT2D eigenvalue weighted by atomic mass is 10.4. The van der Waals surface area contributed by atoms with Crippen molar-refractivity contribution in [1.82, 2.24) is 19.5 Å². The Balaban J connectivity index is 2.09. The van der Waals surface area contributed by atoms with Crippen molar-refractivity contribution in [2.24, 2.45) is 0 Å². The molecule has 0 unspecified atom stereocenters. The maximum Gasteiger partial charge on any atom is 0.280 e. The normalized spacial score (nSPS) is 22.9. The molecular formula is C10H11N5O3. The van der Waals surface area contributed by atoms with Gasteiger partial charge in [0, 0.05) is 0 Å².